The molecule has 1 N–H and O–H groups in total. The molecule has 0 aliphatic rings. The quantitative estimate of drug-likeness (QED) is 0.861. The number of hydrogen-bond acceptors (Lipinski definition) is 2. The van der Waals surface area contributed by atoms with Crippen LogP contribution < -0.4 is 5.32 Å². The normalized spacial score (nSPS) is 12.6. The van der Waals surface area contributed by atoms with Crippen molar-refractivity contribution in [2.24, 2.45) is 0 Å². The molecule has 0 radical (unpaired) electrons. The van der Waals surface area contributed by atoms with Crippen LogP contribution in [0.4, 0.5) is 0 Å². The molecular weight excluding hydrogens is 234 g/mol. The van der Waals surface area contributed by atoms with Gasteiger partial charge in [-0.05, 0) is 31.0 Å². The smallest absolute Gasteiger partial charge is 0.105 e. The minimum atomic E-state index is 0.337. The number of benzene rings is 1. The van der Waals surface area contributed by atoms with Crippen LogP contribution in [0.1, 0.15) is 36.8 Å². The van der Waals surface area contributed by atoms with Crippen LogP contribution in [-0.4, -0.2) is 16.1 Å². The van der Waals surface area contributed by atoms with E-state index in [4.69, 9.17) is 0 Å². The molecule has 0 amide bonds. The second-order valence-electron chi connectivity index (χ2n) is 4.83. The number of aryl methyl sites for hydroxylation is 2. The topological polar surface area (TPSA) is 29.9 Å². The van der Waals surface area contributed by atoms with E-state index in [9.17, 15) is 0 Å². The maximum Gasteiger partial charge on any atom is 0.105 e. The highest BCUT2D eigenvalue weighted by Crippen LogP contribution is 2.17. The van der Waals surface area contributed by atoms with Gasteiger partial charge in [0.25, 0.3) is 0 Å². The number of rotatable bonds is 6. The van der Waals surface area contributed by atoms with Gasteiger partial charge in [0.2, 0.25) is 0 Å². The monoisotopic (exact) mass is 257 g/mol. The van der Waals surface area contributed by atoms with E-state index in [-0.39, 0.29) is 0 Å². The summed E-state index contributed by atoms with van der Waals surface area (Å²) in [6.45, 7) is 8.27. The number of imidazole rings is 1. The Morgan fingerprint density at radius 3 is 2.47 bits per heavy atom. The molecule has 0 aliphatic carbocycles. The maximum atomic E-state index is 4.29. The van der Waals surface area contributed by atoms with Crippen LogP contribution in [0.25, 0.3) is 0 Å². The van der Waals surface area contributed by atoms with Crippen molar-refractivity contribution in [2.45, 2.75) is 39.8 Å². The van der Waals surface area contributed by atoms with Crippen LogP contribution in [0.5, 0.6) is 0 Å². The van der Waals surface area contributed by atoms with E-state index in [0.717, 1.165) is 25.3 Å². The summed E-state index contributed by atoms with van der Waals surface area (Å²) in [7, 11) is 0. The van der Waals surface area contributed by atoms with Crippen molar-refractivity contribution < 1.29 is 0 Å². The van der Waals surface area contributed by atoms with Crippen molar-refractivity contribution in [1.29, 1.82) is 0 Å². The number of aromatic nitrogens is 2. The Labute approximate surface area is 115 Å². The van der Waals surface area contributed by atoms with E-state index in [2.05, 4.69) is 53.0 Å². The molecule has 102 valence electrons. The highest BCUT2D eigenvalue weighted by atomic mass is 15.1. The first-order valence-corrected chi connectivity index (χ1v) is 7.04. The van der Waals surface area contributed by atoms with Crippen LogP contribution >= 0.6 is 0 Å². The Bertz CT molecular complexity index is 499. The molecule has 0 aliphatic heterocycles. The lowest BCUT2D eigenvalue weighted by Crippen LogP contribution is -2.25. The van der Waals surface area contributed by atoms with Crippen LogP contribution in [0.3, 0.4) is 0 Å². The standard InChI is InChI=1S/C16H23N3/c1-4-14-6-8-15(9-7-14)16(17-5-2)12-19-11-10-18-13(19)3/h6-11,16-17H,4-5,12H2,1-3H3. The molecule has 1 heterocycles. The zero-order chi connectivity index (χ0) is 13.7. The minimum Gasteiger partial charge on any atom is -0.333 e. The molecule has 19 heavy (non-hydrogen) atoms. The van der Waals surface area contributed by atoms with Crippen molar-refractivity contribution in [1.82, 2.24) is 14.9 Å². The Morgan fingerprint density at radius 1 is 1.21 bits per heavy atom. The van der Waals surface area contributed by atoms with E-state index in [1.165, 1.54) is 11.1 Å². The van der Waals surface area contributed by atoms with E-state index in [1.807, 2.05) is 19.3 Å². The first-order valence-electron chi connectivity index (χ1n) is 7.04. The van der Waals surface area contributed by atoms with Crippen LogP contribution in [0, 0.1) is 6.92 Å². The van der Waals surface area contributed by atoms with Crippen molar-refractivity contribution in [3.8, 4) is 0 Å². The Balaban J connectivity index is 2.16. The summed E-state index contributed by atoms with van der Waals surface area (Å²) in [5.74, 6) is 1.06. The van der Waals surface area contributed by atoms with Gasteiger partial charge in [0.15, 0.2) is 0 Å². The van der Waals surface area contributed by atoms with Gasteiger partial charge in [0.05, 0.1) is 6.04 Å². The minimum absolute atomic E-state index is 0.337. The molecule has 0 spiro atoms. The molecule has 0 saturated heterocycles. The Hall–Kier alpha value is -1.61. The molecule has 0 fully saturated rings. The van der Waals surface area contributed by atoms with Crippen molar-refractivity contribution in [3.05, 3.63) is 53.6 Å². The fraction of sp³-hybridized carbons (Fsp3) is 0.438. The molecule has 1 aromatic carbocycles. The number of hydrogen-bond donors (Lipinski definition) is 1. The summed E-state index contributed by atoms with van der Waals surface area (Å²) in [6.07, 6.45) is 4.99. The van der Waals surface area contributed by atoms with Gasteiger partial charge in [-0.1, -0.05) is 38.1 Å². The van der Waals surface area contributed by atoms with Gasteiger partial charge < -0.3 is 9.88 Å². The van der Waals surface area contributed by atoms with Crippen LogP contribution in [0.2, 0.25) is 0 Å². The summed E-state index contributed by atoms with van der Waals surface area (Å²) in [5.41, 5.74) is 2.73. The summed E-state index contributed by atoms with van der Waals surface area (Å²) >= 11 is 0. The average molecular weight is 257 g/mol. The number of nitrogens with zero attached hydrogens (tertiary/aromatic N) is 2. The molecule has 3 nitrogen and oxygen atoms in total. The lowest BCUT2D eigenvalue weighted by molar-refractivity contribution is 0.469. The van der Waals surface area contributed by atoms with Crippen LogP contribution in [-0.2, 0) is 13.0 Å². The third-order valence-electron chi connectivity index (χ3n) is 3.54. The summed E-state index contributed by atoms with van der Waals surface area (Å²) in [6, 6.07) is 9.25. The zero-order valence-corrected chi connectivity index (χ0v) is 12.1. The second kappa shape index (κ2) is 6.53. The maximum absolute atomic E-state index is 4.29. The lowest BCUT2D eigenvalue weighted by Gasteiger charge is -2.20. The first kappa shape index (κ1) is 13.8. The van der Waals surface area contributed by atoms with Gasteiger partial charge >= 0.3 is 0 Å². The summed E-state index contributed by atoms with van der Waals surface area (Å²) in [5, 5.41) is 3.55. The highest BCUT2D eigenvalue weighted by Gasteiger charge is 2.11. The molecule has 2 rings (SSSR count). The molecule has 0 saturated carbocycles. The predicted octanol–water partition coefficient (Wildman–Crippen LogP) is 3.10. The molecule has 2 aromatic rings. The van der Waals surface area contributed by atoms with E-state index in [1.54, 1.807) is 0 Å². The van der Waals surface area contributed by atoms with Gasteiger partial charge in [-0.25, -0.2) is 4.98 Å². The van der Waals surface area contributed by atoms with E-state index < -0.39 is 0 Å². The first-order chi connectivity index (χ1) is 9.24. The molecular formula is C16H23N3. The fourth-order valence-corrected chi connectivity index (χ4v) is 2.31. The molecule has 3 heteroatoms. The van der Waals surface area contributed by atoms with Crippen molar-refractivity contribution >= 4 is 0 Å². The van der Waals surface area contributed by atoms with E-state index >= 15 is 0 Å². The number of likely N-dealkylation sites (N-methyl/N-ethyl adjacent to an activating group) is 1. The zero-order valence-electron chi connectivity index (χ0n) is 12.1. The Kier molecular flexibility index (Phi) is 4.74. The van der Waals surface area contributed by atoms with E-state index in [0.29, 0.717) is 6.04 Å². The van der Waals surface area contributed by atoms with Gasteiger partial charge in [-0.15, -0.1) is 0 Å². The molecule has 1 aromatic heterocycles. The molecule has 1 unspecified atom stereocenters. The van der Waals surface area contributed by atoms with Crippen molar-refractivity contribution in [3.63, 3.8) is 0 Å². The number of nitrogens with one attached hydrogen (secondary N) is 1. The SMILES string of the molecule is CCNC(Cn1ccnc1C)c1ccc(CC)cc1. The second-order valence-corrected chi connectivity index (χ2v) is 4.83. The largest absolute Gasteiger partial charge is 0.333 e. The fourth-order valence-electron chi connectivity index (χ4n) is 2.31. The summed E-state index contributed by atoms with van der Waals surface area (Å²) < 4.78 is 2.20. The molecule has 0 bridgehead atoms. The van der Waals surface area contributed by atoms with Crippen LogP contribution in [0.15, 0.2) is 36.7 Å². The average Bonchev–Trinajstić information content (AvgIpc) is 2.84. The van der Waals surface area contributed by atoms with Gasteiger partial charge in [-0.3, -0.25) is 0 Å². The third kappa shape index (κ3) is 3.44. The van der Waals surface area contributed by atoms with Gasteiger partial charge in [-0.2, -0.15) is 0 Å². The van der Waals surface area contributed by atoms with Gasteiger partial charge in [0.1, 0.15) is 5.82 Å². The predicted molar refractivity (Wildman–Crippen MR) is 79.2 cm³/mol. The highest BCUT2D eigenvalue weighted by molar-refractivity contribution is 5.25. The molecule has 1 atom stereocenters. The lowest BCUT2D eigenvalue weighted by atomic mass is 10.0. The van der Waals surface area contributed by atoms with Gasteiger partial charge in [0, 0.05) is 18.9 Å². The Morgan fingerprint density at radius 2 is 1.95 bits per heavy atom. The summed E-state index contributed by atoms with van der Waals surface area (Å²) in [4.78, 5) is 4.29. The third-order valence-corrected chi connectivity index (χ3v) is 3.54. The van der Waals surface area contributed by atoms with Crippen molar-refractivity contribution in [2.75, 3.05) is 6.54 Å².